The first-order valence-corrected chi connectivity index (χ1v) is 9.25. The molecule has 8 heteroatoms. The van der Waals surface area contributed by atoms with Gasteiger partial charge in [-0.3, -0.25) is 4.31 Å². The molecule has 0 spiro atoms. The molecule has 0 amide bonds. The van der Waals surface area contributed by atoms with Crippen molar-refractivity contribution in [3.63, 3.8) is 0 Å². The van der Waals surface area contributed by atoms with Gasteiger partial charge >= 0.3 is 0 Å². The third kappa shape index (κ3) is 2.59. The maximum atomic E-state index is 13.3. The Kier molecular flexibility index (Phi) is 3.78. The average molecular weight is 356 g/mol. The number of hydrogen-bond donors (Lipinski definition) is 1. The lowest BCUT2D eigenvalue weighted by Gasteiger charge is -2.25. The molecule has 0 saturated heterocycles. The van der Waals surface area contributed by atoms with Crippen LogP contribution >= 0.6 is 0 Å². The van der Waals surface area contributed by atoms with Crippen LogP contribution in [0.25, 0.3) is 5.69 Å². The number of para-hydroxylation sites is 1. The number of sulfonamides is 1. The van der Waals surface area contributed by atoms with Crippen LogP contribution in [0.3, 0.4) is 0 Å². The number of aliphatic hydroxyl groups excluding tert-OH is 1. The Morgan fingerprint density at radius 2 is 2.00 bits per heavy atom. The van der Waals surface area contributed by atoms with Crippen molar-refractivity contribution in [2.24, 2.45) is 0 Å². The molecule has 7 nitrogen and oxygen atoms in total. The van der Waals surface area contributed by atoms with Crippen LogP contribution in [0.2, 0.25) is 0 Å². The van der Waals surface area contributed by atoms with Gasteiger partial charge in [0, 0.05) is 0 Å². The fraction of sp³-hybridized carbons (Fsp3) is 0.176. The van der Waals surface area contributed by atoms with Gasteiger partial charge in [0.1, 0.15) is 0 Å². The Morgan fingerprint density at radius 3 is 2.76 bits per heavy atom. The second-order valence-electron chi connectivity index (χ2n) is 5.82. The number of fused-ring (bicyclic) bond motifs is 1. The molecule has 3 aromatic rings. The maximum Gasteiger partial charge on any atom is 0.264 e. The number of hydrogen-bond acceptors (Lipinski definition) is 5. The maximum absolute atomic E-state index is 13.3. The van der Waals surface area contributed by atoms with Crippen LogP contribution in [0.4, 0.5) is 5.69 Å². The number of benzene rings is 2. The fourth-order valence-corrected chi connectivity index (χ4v) is 4.86. The smallest absolute Gasteiger partial charge is 0.264 e. The molecule has 128 valence electrons. The van der Waals surface area contributed by atoms with Crippen LogP contribution in [0.15, 0.2) is 65.8 Å². The molecule has 2 aromatic carbocycles. The molecule has 1 unspecified atom stereocenters. The van der Waals surface area contributed by atoms with Gasteiger partial charge in [-0.25, -0.2) is 13.1 Å². The van der Waals surface area contributed by atoms with Crippen LogP contribution < -0.4 is 4.31 Å². The number of anilines is 1. The van der Waals surface area contributed by atoms with E-state index in [1.54, 1.807) is 42.6 Å². The second kappa shape index (κ2) is 5.98. The summed E-state index contributed by atoms with van der Waals surface area (Å²) in [4.78, 5) is 0.149. The van der Waals surface area contributed by atoms with Gasteiger partial charge in [0.15, 0.2) is 0 Å². The number of aromatic nitrogens is 3. The number of nitrogens with zero attached hydrogens (tertiary/aromatic N) is 4. The topological polar surface area (TPSA) is 88.3 Å². The van der Waals surface area contributed by atoms with Crippen LogP contribution in [0.1, 0.15) is 5.56 Å². The van der Waals surface area contributed by atoms with E-state index in [-0.39, 0.29) is 11.5 Å². The summed E-state index contributed by atoms with van der Waals surface area (Å²) in [6.07, 6.45) is 3.67. The number of rotatable bonds is 4. The molecule has 0 radical (unpaired) electrons. The van der Waals surface area contributed by atoms with Crippen LogP contribution in [0.5, 0.6) is 0 Å². The van der Waals surface area contributed by atoms with E-state index >= 15 is 0 Å². The van der Waals surface area contributed by atoms with E-state index in [0.717, 1.165) is 5.56 Å². The first kappa shape index (κ1) is 15.8. The van der Waals surface area contributed by atoms with Gasteiger partial charge < -0.3 is 5.11 Å². The van der Waals surface area contributed by atoms with Crippen molar-refractivity contribution in [1.82, 2.24) is 15.0 Å². The molecule has 1 N–H and O–H groups in total. The molecular formula is C17H16N4O3S. The van der Waals surface area contributed by atoms with E-state index in [4.69, 9.17) is 0 Å². The molecule has 1 aliphatic heterocycles. The second-order valence-corrected chi connectivity index (χ2v) is 7.63. The van der Waals surface area contributed by atoms with Crippen molar-refractivity contribution in [1.29, 1.82) is 0 Å². The summed E-state index contributed by atoms with van der Waals surface area (Å²) in [5, 5.41) is 17.3. The molecule has 2 heterocycles. The summed E-state index contributed by atoms with van der Waals surface area (Å²) >= 11 is 0. The zero-order valence-corrected chi connectivity index (χ0v) is 14.0. The van der Waals surface area contributed by atoms with Gasteiger partial charge in [-0.15, -0.1) is 5.10 Å². The zero-order valence-electron chi connectivity index (χ0n) is 13.2. The Hall–Kier alpha value is -2.71. The summed E-state index contributed by atoms with van der Waals surface area (Å²) in [6, 6.07) is 13.3. The zero-order chi connectivity index (χ0) is 17.4. The van der Waals surface area contributed by atoms with E-state index in [1.807, 2.05) is 12.1 Å². The summed E-state index contributed by atoms with van der Waals surface area (Å²) < 4.78 is 29.3. The minimum atomic E-state index is -3.82. The van der Waals surface area contributed by atoms with Crippen molar-refractivity contribution in [2.45, 2.75) is 17.4 Å². The molecule has 0 bridgehead atoms. The number of aliphatic hydroxyl groups is 1. The first-order valence-electron chi connectivity index (χ1n) is 7.81. The lowest BCUT2D eigenvalue weighted by molar-refractivity contribution is 0.270. The molecule has 0 aliphatic carbocycles. The lowest BCUT2D eigenvalue weighted by atomic mass is 10.1. The molecule has 1 atom stereocenters. The Bertz CT molecular complexity index is 1000. The van der Waals surface area contributed by atoms with Gasteiger partial charge in [0.25, 0.3) is 10.0 Å². The standard InChI is InChI=1S/C17H16N4O3S/c22-12-15-10-13-4-1-2-7-17(13)21(15)25(23,24)16-6-3-5-14(11-16)20-9-8-18-19-20/h1-9,11,15,22H,10,12H2. The van der Waals surface area contributed by atoms with Crippen LogP contribution in [-0.4, -0.2) is 41.2 Å². The van der Waals surface area contributed by atoms with Gasteiger partial charge in [-0.05, 0) is 36.2 Å². The van der Waals surface area contributed by atoms with E-state index in [2.05, 4.69) is 10.3 Å². The Morgan fingerprint density at radius 1 is 1.16 bits per heavy atom. The van der Waals surface area contributed by atoms with Crippen molar-refractivity contribution in [3.05, 3.63) is 66.5 Å². The van der Waals surface area contributed by atoms with Crippen LogP contribution in [0, 0.1) is 0 Å². The summed E-state index contributed by atoms with van der Waals surface area (Å²) in [7, 11) is -3.82. The van der Waals surface area contributed by atoms with Crippen molar-refractivity contribution in [3.8, 4) is 5.69 Å². The van der Waals surface area contributed by atoms with E-state index in [0.29, 0.717) is 17.8 Å². The minimum absolute atomic E-state index is 0.149. The quantitative estimate of drug-likeness (QED) is 0.763. The molecule has 1 aliphatic rings. The van der Waals surface area contributed by atoms with E-state index in [9.17, 15) is 13.5 Å². The highest BCUT2D eigenvalue weighted by molar-refractivity contribution is 7.92. The molecule has 25 heavy (non-hydrogen) atoms. The fourth-order valence-electron chi connectivity index (χ4n) is 3.14. The highest BCUT2D eigenvalue weighted by Gasteiger charge is 2.38. The molecule has 0 saturated carbocycles. The third-order valence-electron chi connectivity index (χ3n) is 4.29. The van der Waals surface area contributed by atoms with Gasteiger partial charge in [-0.1, -0.05) is 29.5 Å². The molecular weight excluding hydrogens is 340 g/mol. The molecule has 4 rings (SSSR count). The monoisotopic (exact) mass is 356 g/mol. The molecule has 0 fully saturated rings. The largest absolute Gasteiger partial charge is 0.394 e. The van der Waals surface area contributed by atoms with Crippen molar-refractivity contribution >= 4 is 15.7 Å². The average Bonchev–Trinajstić information content (AvgIpc) is 3.29. The third-order valence-corrected chi connectivity index (χ3v) is 6.15. The van der Waals surface area contributed by atoms with Gasteiger partial charge in [0.2, 0.25) is 0 Å². The first-order chi connectivity index (χ1) is 12.1. The Labute approximate surface area is 145 Å². The highest BCUT2D eigenvalue weighted by atomic mass is 32.2. The van der Waals surface area contributed by atoms with E-state index in [1.165, 1.54) is 15.2 Å². The van der Waals surface area contributed by atoms with Gasteiger partial charge in [0.05, 0.1) is 41.3 Å². The van der Waals surface area contributed by atoms with Crippen molar-refractivity contribution in [2.75, 3.05) is 10.9 Å². The van der Waals surface area contributed by atoms with Crippen molar-refractivity contribution < 1.29 is 13.5 Å². The Balaban J connectivity index is 1.81. The lowest BCUT2D eigenvalue weighted by Crippen LogP contribution is -2.39. The van der Waals surface area contributed by atoms with Gasteiger partial charge in [-0.2, -0.15) is 0 Å². The highest BCUT2D eigenvalue weighted by Crippen LogP contribution is 2.36. The normalized spacial score (nSPS) is 16.8. The summed E-state index contributed by atoms with van der Waals surface area (Å²) in [5.74, 6) is 0. The minimum Gasteiger partial charge on any atom is -0.394 e. The van der Waals surface area contributed by atoms with Crippen LogP contribution in [-0.2, 0) is 16.4 Å². The van der Waals surface area contributed by atoms with E-state index < -0.39 is 16.1 Å². The predicted octanol–water partition coefficient (Wildman–Crippen LogP) is 1.38. The predicted molar refractivity (Wildman–Crippen MR) is 92.0 cm³/mol. The molecule has 1 aromatic heterocycles. The summed E-state index contributed by atoms with van der Waals surface area (Å²) in [6.45, 7) is -0.239. The summed E-state index contributed by atoms with van der Waals surface area (Å²) in [5.41, 5.74) is 2.14. The SMILES string of the molecule is O=S(=O)(c1cccc(-n2ccnn2)c1)N1c2ccccc2CC1CO.